The topological polar surface area (TPSA) is 66.4 Å². The summed E-state index contributed by atoms with van der Waals surface area (Å²) in [6, 6.07) is 5.91. The Morgan fingerprint density at radius 3 is 2.50 bits per heavy atom. The van der Waals surface area contributed by atoms with Crippen LogP contribution in [0.25, 0.3) is 11.1 Å². The number of aryl methyl sites for hydroxylation is 2. The Kier molecular flexibility index (Phi) is 3.90. The van der Waals surface area contributed by atoms with Gasteiger partial charge in [-0.3, -0.25) is 4.79 Å². The summed E-state index contributed by atoms with van der Waals surface area (Å²) in [5, 5.41) is 14.2. The standard InChI is InChI=1S/C15H15NO3S/c1-8-4-5-9(2)11(6-8)12-7-20-14(16-10(3)17)13(12)15(18)19/h4-7H,1-3H3,(H,16,17)(H,18,19). The van der Waals surface area contributed by atoms with E-state index < -0.39 is 5.97 Å². The normalized spacial score (nSPS) is 10.3. The fourth-order valence-electron chi connectivity index (χ4n) is 2.05. The molecule has 0 saturated heterocycles. The smallest absolute Gasteiger partial charge is 0.339 e. The van der Waals surface area contributed by atoms with E-state index in [1.807, 2.05) is 32.0 Å². The number of carboxylic acid groups (broad SMARTS) is 1. The lowest BCUT2D eigenvalue weighted by Crippen LogP contribution is -2.09. The van der Waals surface area contributed by atoms with Gasteiger partial charge in [0.1, 0.15) is 10.6 Å². The molecule has 0 aliphatic carbocycles. The summed E-state index contributed by atoms with van der Waals surface area (Å²) in [5.41, 5.74) is 3.75. The van der Waals surface area contributed by atoms with Crippen molar-refractivity contribution in [3.05, 3.63) is 40.3 Å². The van der Waals surface area contributed by atoms with Gasteiger partial charge in [0, 0.05) is 17.9 Å². The van der Waals surface area contributed by atoms with Crippen LogP contribution in [0.15, 0.2) is 23.6 Å². The van der Waals surface area contributed by atoms with Gasteiger partial charge in [-0.15, -0.1) is 11.3 Å². The van der Waals surface area contributed by atoms with Crippen LogP contribution >= 0.6 is 11.3 Å². The molecule has 0 bridgehead atoms. The van der Waals surface area contributed by atoms with Gasteiger partial charge in [0.2, 0.25) is 5.91 Å². The molecular weight excluding hydrogens is 274 g/mol. The molecular formula is C15H15NO3S. The number of hydrogen-bond acceptors (Lipinski definition) is 3. The molecule has 0 saturated carbocycles. The van der Waals surface area contributed by atoms with Gasteiger partial charge in [-0.1, -0.05) is 23.8 Å². The Labute approximate surface area is 121 Å². The number of carboxylic acids is 1. The molecule has 4 nitrogen and oxygen atoms in total. The maximum atomic E-state index is 11.5. The lowest BCUT2D eigenvalue weighted by Gasteiger charge is -2.08. The molecule has 0 spiro atoms. The van der Waals surface area contributed by atoms with Gasteiger partial charge in [-0.2, -0.15) is 0 Å². The largest absolute Gasteiger partial charge is 0.478 e. The van der Waals surface area contributed by atoms with Crippen LogP contribution in [0.4, 0.5) is 5.00 Å². The number of benzene rings is 1. The van der Waals surface area contributed by atoms with E-state index in [1.54, 1.807) is 5.38 Å². The molecule has 0 aliphatic rings. The minimum Gasteiger partial charge on any atom is -0.478 e. The number of thiophene rings is 1. The monoisotopic (exact) mass is 289 g/mol. The lowest BCUT2D eigenvalue weighted by molar-refractivity contribution is -0.114. The predicted octanol–water partition coefficient (Wildman–Crippen LogP) is 3.69. The number of amides is 1. The van der Waals surface area contributed by atoms with Crippen molar-refractivity contribution in [3.63, 3.8) is 0 Å². The number of aromatic carboxylic acids is 1. The predicted molar refractivity (Wildman–Crippen MR) is 80.5 cm³/mol. The van der Waals surface area contributed by atoms with Crippen molar-refractivity contribution in [3.8, 4) is 11.1 Å². The minimum atomic E-state index is -1.04. The highest BCUT2D eigenvalue weighted by Crippen LogP contribution is 2.37. The third-order valence-corrected chi connectivity index (χ3v) is 3.87. The van der Waals surface area contributed by atoms with Crippen LogP contribution in [0.2, 0.25) is 0 Å². The van der Waals surface area contributed by atoms with E-state index in [0.29, 0.717) is 10.6 Å². The van der Waals surface area contributed by atoms with Crippen LogP contribution in [0, 0.1) is 13.8 Å². The van der Waals surface area contributed by atoms with Crippen molar-refractivity contribution in [1.82, 2.24) is 0 Å². The molecule has 2 N–H and O–H groups in total. The fraction of sp³-hybridized carbons (Fsp3) is 0.200. The molecule has 0 radical (unpaired) electrons. The molecule has 0 aliphatic heterocycles. The van der Waals surface area contributed by atoms with E-state index in [4.69, 9.17) is 0 Å². The SMILES string of the molecule is CC(=O)Nc1scc(-c2cc(C)ccc2C)c1C(=O)O. The van der Waals surface area contributed by atoms with E-state index in [9.17, 15) is 14.7 Å². The molecule has 104 valence electrons. The van der Waals surface area contributed by atoms with Crippen LogP contribution in [-0.2, 0) is 4.79 Å². The van der Waals surface area contributed by atoms with Gasteiger partial charge in [-0.25, -0.2) is 4.79 Å². The average molecular weight is 289 g/mol. The molecule has 20 heavy (non-hydrogen) atoms. The van der Waals surface area contributed by atoms with Crippen LogP contribution < -0.4 is 5.32 Å². The summed E-state index contributed by atoms with van der Waals surface area (Å²) >= 11 is 1.23. The van der Waals surface area contributed by atoms with E-state index in [0.717, 1.165) is 16.7 Å². The third-order valence-electron chi connectivity index (χ3n) is 2.98. The number of hydrogen-bond donors (Lipinski definition) is 2. The molecule has 0 fully saturated rings. The maximum absolute atomic E-state index is 11.5. The Morgan fingerprint density at radius 1 is 1.20 bits per heavy atom. The van der Waals surface area contributed by atoms with Gasteiger partial charge in [0.05, 0.1) is 0 Å². The van der Waals surface area contributed by atoms with E-state index in [2.05, 4.69) is 5.32 Å². The van der Waals surface area contributed by atoms with E-state index in [1.165, 1.54) is 18.3 Å². The van der Waals surface area contributed by atoms with Crippen LogP contribution in [-0.4, -0.2) is 17.0 Å². The van der Waals surface area contributed by atoms with Crippen molar-refractivity contribution >= 4 is 28.2 Å². The highest BCUT2D eigenvalue weighted by atomic mass is 32.1. The van der Waals surface area contributed by atoms with Crippen molar-refractivity contribution in [1.29, 1.82) is 0 Å². The second-order valence-corrected chi connectivity index (χ2v) is 5.54. The van der Waals surface area contributed by atoms with Crippen molar-refractivity contribution in [2.45, 2.75) is 20.8 Å². The van der Waals surface area contributed by atoms with Crippen LogP contribution in [0.5, 0.6) is 0 Å². The van der Waals surface area contributed by atoms with Crippen molar-refractivity contribution in [2.24, 2.45) is 0 Å². The Balaban J connectivity index is 2.62. The third kappa shape index (κ3) is 2.72. The Bertz CT molecular complexity index is 688. The number of carbonyl (C=O) groups excluding carboxylic acids is 1. The van der Waals surface area contributed by atoms with Crippen LogP contribution in [0.3, 0.4) is 0 Å². The first-order valence-electron chi connectivity index (χ1n) is 6.10. The van der Waals surface area contributed by atoms with Gasteiger partial charge >= 0.3 is 5.97 Å². The molecule has 2 aromatic rings. The Hall–Kier alpha value is -2.14. The quantitative estimate of drug-likeness (QED) is 0.905. The fourth-order valence-corrected chi connectivity index (χ4v) is 3.04. The van der Waals surface area contributed by atoms with E-state index in [-0.39, 0.29) is 11.5 Å². The second-order valence-electron chi connectivity index (χ2n) is 4.66. The first kappa shape index (κ1) is 14.3. The highest BCUT2D eigenvalue weighted by Gasteiger charge is 2.21. The van der Waals surface area contributed by atoms with Gasteiger partial charge < -0.3 is 10.4 Å². The lowest BCUT2D eigenvalue weighted by atomic mass is 9.97. The summed E-state index contributed by atoms with van der Waals surface area (Å²) < 4.78 is 0. The molecule has 0 unspecified atom stereocenters. The molecule has 1 amide bonds. The maximum Gasteiger partial charge on any atom is 0.339 e. The minimum absolute atomic E-state index is 0.152. The zero-order chi connectivity index (χ0) is 14.9. The molecule has 1 aromatic carbocycles. The number of carbonyl (C=O) groups is 2. The van der Waals surface area contributed by atoms with Gasteiger partial charge in [-0.05, 0) is 25.0 Å². The molecule has 1 heterocycles. The highest BCUT2D eigenvalue weighted by molar-refractivity contribution is 7.15. The van der Waals surface area contributed by atoms with Crippen molar-refractivity contribution < 1.29 is 14.7 Å². The zero-order valence-corrected chi connectivity index (χ0v) is 12.3. The van der Waals surface area contributed by atoms with Gasteiger partial charge in [0.25, 0.3) is 0 Å². The summed E-state index contributed by atoms with van der Waals surface area (Å²) in [6.45, 7) is 5.27. The summed E-state index contributed by atoms with van der Waals surface area (Å²) in [7, 11) is 0. The van der Waals surface area contributed by atoms with Crippen molar-refractivity contribution in [2.75, 3.05) is 5.32 Å². The molecule has 0 atom stereocenters. The average Bonchev–Trinajstić information content (AvgIpc) is 2.75. The Morgan fingerprint density at radius 2 is 1.90 bits per heavy atom. The number of anilines is 1. The second kappa shape index (κ2) is 5.46. The molecule has 2 rings (SSSR count). The first-order chi connectivity index (χ1) is 9.40. The van der Waals surface area contributed by atoms with Crippen LogP contribution in [0.1, 0.15) is 28.4 Å². The van der Waals surface area contributed by atoms with E-state index >= 15 is 0 Å². The first-order valence-corrected chi connectivity index (χ1v) is 6.98. The summed E-state index contributed by atoms with van der Waals surface area (Å²) in [5.74, 6) is -1.31. The molecule has 1 aromatic heterocycles. The number of nitrogens with one attached hydrogen (secondary N) is 1. The summed E-state index contributed by atoms with van der Waals surface area (Å²) in [4.78, 5) is 22.7. The number of rotatable bonds is 3. The van der Waals surface area contributed by atoms with Gasteiger partial charge in [0.15, 0.2) is 0 Å². The zero-order valence-electron chi connectivity index (χ0n) is 11.5. The molecule has 5 heteroatoms. The summed E-state index contributed by atoms with van der Waals surface area (Å²) in [6.07, 6.45) is 0.